The Balaban J connectivity index is 1.63. The fourth-order valence-corrected chi connectivity index (χ4v) is 5.02. The van der Waals surface area contributed by atoms with Gasteiger partial charge in [-0.25, -0.2) is 12.8 Å². The van der Waals surface area contributed by atoms with Gasteiger partial charge in [0.15, 0.2) is 0 Å². The lowest BCUT2D eigenvalue weighted by Crippen LogP contribution is -2.40. The summed E-state index contributed by atoms with van der Waals surface area (Å²) in [5.41, 5.74) is 0.386. The Hall–Kier alpha value is -1.65. The second kappa shape index (κ2) is 9.23. The van der Waals surface area contributed by atoms with Crippen molar-refractivity contribution in [3.63, 3.8) is 0 Å². The summed E-state index contributed by atoms with van der Waals surface area (Å²) in [4.78, 5) is 13.0. The highest BCUT2D eigenvalue weighted by Crippen LogP contribution is 2.25. The molecule has 0 aliphatic carbocycles. The predicted molar refractivity (Wildman–Crippen MR) is 107 cm³/mol. The highest BCUT2D eigenvalue weighted by molar-refractivity contribution is 8.00. The molecule has 1 heterocycles. The molecule has 0 saturated carbocycles. The van der Waals surface area contributed by atoms with Crippen LogP contribution in [0.1, 0.15) is 0 Å². The first-order valence-electron chi connectivity index (χ1n) is 8.42. The second-order valence-electron chi connectivity index (χ2n) is 5.96. The first kappa shape index (κ1) is 21.1. The molecule has 0 bridgehead atoms. The molecule has 6 nitrogen and oxygen atoms in total. The maximum atomic E-state index is 13.2. The van der Waals surface area contributed by atoms with Crippen molar-refractivity contribution in [2.45, 2.75) is 9.79 Å². The van der Waals surface area contributed by atoms with E-state index in [-0.39, 0.29) is 21.6 Å². The molecule has 0 atom stereocenters. The highest BCUT2D eigenvalue weighted by atomic mass is 35.5. The number of rotatable bonds is 6. The number of carbonyl (C=O) groups is 1. The average molecular weight is 445 g/mol. The van der Waals surface area contributed by atoms with Crippen LogP contribution >= 0.6 is 23.4 Å². The minimum absolute atomic E-state index is 0.00794. The van der Waals surface area contributed by atoms with E-state index in [1.807, 2.05) is 0 Å². The zero-order chi connectivity index (χ0) is 20.1. The standard InChI is InChI=1S/C18H18ClFN2O4S2/c19-16-11-14(4-5-17(16)20)27-12-18(23)21-13-2-1-3-15(10-13)28(24,25)22-6-8-26-9-7-22/h1-5,10-11H,6-9,12H2,(H,21,23). The fraction of sp³-hybridized carbons (Fsp3) is 0.278. The van der Waals surface area contributed by atoms with E-state index in [4.69, 9.17) is 16.3 Å². The Morgan fingerprint density at radius 1 is 1.21 bits per heavy atom. The second-order valence-corrected chi connectivity index (χ2v) is 9.35. The van der Waals surface area contributed by atoms with Crippen molar-refractivity contribution in [1.82, 2.24) is 4.31 Å². The van der Waals surface area contributed by atoms with Gasteiger partial charge >= 0.3 is 0 Å². The number of nitrogens with zero attached hydrogens (tertiary/aromatic N) is 1. The Morgan fingerprint density at radius 2 is 1.96 bits per heavy atom. The van der Waals surface area contributed by atoms with Crippen LogP contribution in [-0.4, -0.2) is 50.7 Å². The molecule has 2 aromatic carbocycles. The molecule has 0 spiro atoms. The van der Waals surface area contributed by atoms with Crippen molar-refractivity contribution < 1.29 is 22.3 Å². The minimum Gasteiger partial charge on any atom is -0.379 e. The van der Waals surface area contributed by atoms with Gasteiger partial charge in [-0.3, -0.25) is 4.79 Å². The van der Waals surface area contributed by atoms with E-state index in [0.29, 0.717) is 36.9 Å². The molecule has 0 unspecified atom stereocenters. The lowest BCUT2D eigenvalue weighted by molar-refractivity contribution is -0.113. The third-order valence-corrected chi connectivity index (χ3v) is 7.16. The maximum Gasteiger partial charge on any atom is 0.243 e. The summed E-state index contributed by atoms with van der Waals surface area (Å²) in [5, 5.41) is 2.67. The Morgan fingerprint density at radius 3 is 2.68 bits per heavy atom. The summed E-state index contributed by atoms with van der Waals surface area (Å²) in [6.45, 7) is 1.33. The van der Waals surface area contributed by atoms with E-state index in [0.717, 1.165) is 0 Å². The van der Waals surface area contributed by atoms with E-state index < -0.39 is 15.8 Å². The third-order valence-electron chi connectivity index (χ3n) is 3.99. The Kier molecular flexibility index (Phi) is 6.95. The molecule has 1 aliphatic rings. The molecule has 1 aliphatic heterocycles. The Bertz CT molecular complexity index is 966. The summed E-state index contributed by atoms with van der Waals surface area (Å²) in [7, 11) is -3.64. The van der Waals surface area contributed by atoms with Gasteiger partial charge in [0, 0.05) is 23.7 Å². The van der Waals surface area contributed by atoms with Gasteiger partial charge in [0.05, 0.1) is 28.9 Å². The largest absolute Gasteiger partial charge is 0.379 e. The van der Waals surface area contributed by atoms with E-state index >= 15 is 0 Å². The van der Waals surface area contributed by atoms with Crippen molar-refractivity contribution in [1.29, 1.82) is 0 Å². The fourth-order valence-electron chi connectivity index (χ4n) is 2.58. The van der Waals surface area contributed by atoms with Crippen LogP contribution in [0.15, 0.2) is 52.3 Å². The number of amides is 1. The van der Waals surface area contributed by atoms with E-state index in [9.17, 15) is 17.6 Å². The number of benzene rings is 2. The minimum atomic E-state index is -3.64. The van der Waals surface area contributed by atoms with Crippen LogP contribution in [-0.2, 0) is 19.6 Å². The third kappa shape index (κ3) is 5.24. The van der Waals surface area contributed by atoms with Crippen LogP contribution in [0.3, 0.4) is 0 Å². The highest BCUT2D eigenvalue weighted by Gasteiger charge is 2.26. The molecule has 2 aromatic rings. The SMILES string of the molecule is O=C(CSc1ccc(F)c(Cl)c1)Nc1cccc(S(=O)(=O)N2CCOCC2)c1. The maximum absolute atomic E-state index is 13.2. The quantitative estimate of drug-likeness (QED) is 0.692. The molecular weight excluding hydrogens is 427 g/mol. The number of nitrogens with one attached hydrogen (secondary N) is 1. The van der Waals surface area contributed by atoms with Gasteiger partial charge in [-0.15, -0.1) is 11.8 Å². The van der Waals surface area contributed by atoms with E-state index in [1.165, 1.54) is 46.4 Å². The van der Waals surface area contributed by atoms with Crippen LogP contribution in [0.5, 0.6) is 0 Å². The number of halogens is 2. The smallest absolute Gasteiger partial charge is 0.243 e. The van der Waals surface area contributed by atoms with Gasteiger partial charge in [-0.2, -0.15) is 4.31 Å². The lowest BCUT2D eigenvalue weighted by atomic mass is 10.3. The average Bonchev–Trinajstić information content (AvgIpc) is 2.70. The molecule has 0 aromatic heterocycles. The van der Waals surface area contributed by atoms with E-state index in [1.54, 1.807) is 12.1 Å². The number of carbonyl (C=O) groups excluding carboxylic acids is 1. The van der Waals surface area contributed by atoms with Crippen LogP contribution < -0.4 is 5.32 Å². The molecule has 28 heavy (non-hydrogen) atoms. The topological polar surface area (TPSA) is 75.7 Å². The number of morpholine rings is 1. The summed E-state index contributed by atoms with van der Waals surface area (Å²) in [5.74, 6) is -0.761. The molecule has 1 fully saturated rings. The normalized spacial score (nSPS) is 15.4. The number of hydrogen-bond acceptors (Lipinski definition) is 5. The van der Waals surface area contributed by atoms with Crippen molar-refractivity contribution >= 4 is 45.0 Å². The molecule has 0 radical (unpaired) electrons. The van der Waals surface area contributed by atoms with E-state index in [2.05, 4.69) is 5.32 Å². The molecule has 10 heteroatoms. The van der Waals surface area contributed by atoms with Crippen LogP contribution in [0, 0.1) is 5.82 Å². The predicted octanol–water partition coefficient (Wildman–Crippen LogP) is 3.23. The first-order chi connectivity index (χ1) is 13.4. The van der Waals surface area contributed by atoms with Gasteiger partial charge in [-0.1, -0.05) is 17.7 Å². The van der Waals surface area contributed by atoms with Crippen LogP contribution in [0.4, 0.5) is 10.1 Å². The summed E-state index contributed by atoms with van der Waals surface area (Å²) < 4.78 is 45.1. The van der Waals surface area contributed by atoms with Gasteiger partial charge in [0.1, 0.15) is 5.82 Å². The van der Waals surface area contributed by atoms with Crippen molar-refractivity contribution in [2.75, 3.05) is 37.4 Å². The van der Waals surface area contributed by atoms with Crippen LogP contribution in [0.2, 0.25) is 5.02 Å². The molecule has 1 amide bonds. The van der Waals surface area contributed by atoms with Crippen LogP contribution in [0.25, 0.3) is 0 Å². The number of hydrogen-bond donors (Lipinski definition) is 1. The van der Waals surface area contributed by atoms with Crippen molar-refractivity contribution in [3.8, 4) is 0 Å². The summed E-state index contributed by atoms with van der Waals surface area (Å²) in [6, 6.07) is 10.4. The van der Waals surface area contributed by atoms with Crippen molar-refractivity contribution in [3.05, 3.63) is 53.3 Å². The monoisotopic (exact) mass is 444 g/mol. The number of thioether (sulfide) groups is 1. The number of ether oxygens (including phenoxy) is 1. The summed E-state index contributed by atoms with van der Waals surface area (Å²) >= 11 is 6.93. The Labute approximate surface area is 172 Å². The van der Waals surface area contributed by atoms with Gasteiger partial charge in [0.25, 0.3) is 0 Å². The van der Waals surface area contributed by atoms with Crippen molar-refractivity contribution in [2.24, 2.45) is 0 Å². The number of anilines is 1. The molecular formula is C18H18ClFN2O4S2. The zero-order valence-electron chi connectivity index (χ0n) is 14.7. The molecule has 1 N–H and O–H groups in total. The molecule has 3 rings (SSSR count). The molecule has 150 valence electrons. The number of sulfonamides is 1. The zero-order valence-corrected chi connectivity index (χ0v) is 17.1. The first-order valence-corrected chi connectivity index (χ1v) is 11.2. The lowest BCUT2D eigenvalue weighted by Gasteiger charge is -2.26. The van der Waals surface area contributed by atoms with Gasteiger partial charge < -0.3 is 10.1 Å². The van der Waals surface area contributed by atoms with Gasteiger partial charge in [0.2, 0.25) is 15.9 Å². The summed E-state index contributed by atoms with van der Waals surface area (Å²) in [6.07, 6.45) is 0. The van der Waals surface area contributed by atoms with Gasteiger partial charge in [-0.05, 0) is 36.4 Å². The molecule has 1 saturated heterocycles.